The van der Waals surface area contributed by atoms with Gasteiger partial charge in [0.05, 0.1) is 12.5 Å². The van der Waals surface area contributed by atoms with E-state index in [-0.39, 0.29) is 13.1 Å². The summed E-state index contributed by atoms with van der Waals surface area (Å²) in [6.45, 7) is 3.43. The lowest BCUT2D eigenvalue weighted by Crippen LogP contribution is -2.54. The number of aryl methyl sites for hydroxylation is 1. The van der Waals surface area contributed by atoms with Gasteiger partial charge >= 0.3 is 12.0 Å². The molecule has 1 aliphatic heterocycles. The molecule has 0 radical (unpaired) electrons. The van der Waals surface area contributed by atoms with E-state index in [0.29, 0.717) is 11.3 Å². The van der Waals surface area contributed by atoms with Gasteiger partial charge in [-0.1, -0.05) is 24.3 Å². The van der Waals surface area contributed by atoms with E-state index in [4.69, 9.17) is 0 Å². The SMILES string of the molecule is CC(=O)N1CCN(C(=O)Nc2cccc(C)c2)C1C(=O)NC(CC(=O)O)c1ccc(F)cc1. The van der Waals surface area contributed by atoms with Crippen LogP contribution in [0, 0.1) is 12.7 Å². The summed E-state index contributed by atoms with van der Waals surface area (Å²) in [5, 5.41) is 14.6. The summed E-state index contributed by atoms with van der Waals surface area (Å²) in [7, 11) is 0. The van der Waals surface area contributed by atoms with E-state index in [1.807, 2.05) is 13.0 Å². The van der Waals surface area contributed by atoms with E-state index in [2.05, 4.69) is 10.6 Å². The number of aliphatic carboxylic acids is 1. The fourth-order valence-electron chi connectivity index (χ4n) is 3.74. The molecule has 1 saturated heterocycles. The Bertz CT molecular complexity index is 1060. The predicted molar refractivity (Wildman–Crippen MR) is 118 cm³/mol. The van der Waals surface area contributed by atoms with Gasteiger partial charge in [-0.3, -0.25) is 19.3 Å². The number of carbonyl (C=O) groups excluding carboxylic acids is 3. The van der Waals surface area contributed by atoms with Crippen LogP contribution < -0.4 is 10.6 Å². The smallest absolute Gasteiger partial charge is 0.323 e. The molecule has 4 amide bonds. The van der Waals surface area contributed by atoms with Gasteiger partial charge in [0.15, 0.2) is 6.17 Å². The van der Waals surface area contributed by atoms with Crippen LogP contribution in [-0.4, -0.2) is 58.0 Å². The zero-order valence-corrected chi connectivity index (χ0v) is 18.2. The number of carbonyl (C=O) groups is 4. The summed E-state index contributed by atoms with van der Waals surface area (Å²) in [5.74, 6) is -2.79. The van der Waals surface area contributed by atoms with Crippen molar-refractivity contribution in [3.63, 3.8) is 0 Å². The molecule has 10 heteroatoms. The van der Waals surface area contributed by atoms with Gasteiger partial charge in [0.25, 0.3) is 5.91 Å². The molecule has 3 rings (SSSR count). The first kappa shape index (κ1) is 23.7. The molecule has 1 fully saturated rings. The van der Waals surface area contributed by atoms with E-state index in [1.54, 1.807) is 18.2 Å². The summed E-state index contributed by atoms with van der Waals surface area (Å²) < 4.78 is 13.3. The normalized spacial score (nSPS) is 16.3. The van der Waals surface area contributed by atoms with Crippen molar-refractivity contribution < 1.29 is 28.7 Å². The Hall–Kier alpha value is -3.95. The fraction of sp³-hybridized carbons (Fsp3) is 0.304. The van der Waals surface area contributed by atoms with Gasteiger partial charge in [0.1, 0.15) is 5.82 Å². The highest BCUT2D eigenvalue weighted by Gasteiger charge is 2.42. The lowest BCUT2D eigenvalue weighted by molar-refractivity contribution is -0.141. The van der Waals surface area contributed by atoms with E-state index in [1.165, 1.54) is 28.9 Å². The van der Waals surface area contributed by atoms with E-state index >= 15 is 0 Å². The molecule has 1 aliphatic rings. The number of urea groups is 1. The van der Waals surface area contributed by atoms with E-state index in [9.17, 15) is 28.7 Å². The van der Waals surface area contributed by atoms with Crippen LogP contribution in [0.15, 0.2) is 48.5 Å². The highest BCUT2D eigenvalue weighted by Crippen LogP contribution is 2.22. The summed E-state index contributed by atoms with van der Waals surface area (Å²) in [5.41, 5.74) is 1.86. The third-order valence-electron chi connectivity index (χ3n) is 5.31. The lowest BCUT2D eigenvalue weighted by Gasteiger charge is -2.30. The molecule has 2 unspecified atom stereocenters. The maximum absolute atomic E-state index is 13.3. The third-order valence-corrected chi connectivity index (χ3v) is 5.31. The van der Waals surface area contributed by atoms with Crippen molar-refractivity contribution in [3.05, 3.63) is 65.5 Å². The van der Waals surface area contributed by atoms with Gasteiger partial charge in [-0.05, 0) is 42.3 Å². The van der Waals surface area contributed by atoms with Crippen LogP contribution in [0.25, 0.3) is 0 Å². The fourth-order valence-corrected chi connectivity index (χ4v) is 3.74. The molecule has 174 valence electrons. The molecule has 0 bridgehead atoms. The molecule has 0 saturated carbocycles. The molecule has 2 aromatic carbocycles. The van der Waals surface area contributed by atoms with Crippen LogP contribution in [0.2, 0.25) is 0 Å². The van der Waals surface area contributed by atoms with Gasteiger partial charge in [-0.2, -0.15) is 0 Å². The number of carboxylic acid groups (broad SMARTS) is 1. The largest absolute Gasteiger partial charge is 0.481 e. The van der Waals surface area contributed by atoms with Crippen LogP contribution >= 0.6 is 0 Å². The second-order valence-electron chi connectivity index (χ2n) is 7.79. The monoisotopic (exact) mass is 456 g/mol. The minimum absolute atomic E-state index is 0.120. The van der Waals surface area contributed by atoms with Crippen molar-refractivity contribution in [2.75, 3.05) is 18.4 Å². The molecule has 1 heterocycles. The number of anilines is 1. The second-order valence-corrected chi connectivity index (χ2v) is 7.79. The van der Waals surface area contributed by atoms with Gasteiger partial charge in [-0.15, -0.1) is 0 Å². The first-order valence-electron chi connectivity index (χ1n) is 10.3. The number of nitrogens with zero attached hydrogens (tertiary/aromatic N) is 2. The van der Waals surface area contributed by atoms with Crippen molar-refractivity contribution in [2.45, 2.75) is 32.5 Å². The van der Waals surface area contributed by atoms with Crippen LogP contribution in [-0.2, 0) is 14.4 Å². The van der Waals surface area contributed by atoms with Gasteiger partial charge in [-0.25, -0.2) is 9.18 Å². The molecule has 0 aromatic heterocycles. The number of halogens is 1. The van der Waals surface area contributed by atoms with Gasteiger partial charge in [0, 0.05) is 25.7 Å². The molecular formula is C23H25FN4O5. The zero-order chi connectivity index (χ0) is 24.1. The minimum atomic E-state index is -1.26. The van der Waals surface area contributed by atoms with Crippen molar-refractivity contribution in [2.24, 2.45) is 0 Å². The van der Waals surface area contributed by atoms with Crippen molar-refractivity contribution >= 4 is 29.5 Å². The van der Waals surface area contributed by atoms with Crippen LogP contribution in [0.5, 0.6) is 0 Å². The predicted octanol–water partition coefficient (Wildman–Crippen LogP) is 2.49. The highest BCUT2D eigenvalue weighted by molar-refractivity contribution is 5.96. The first-order chi connectivity index (χ1) is 15.7. The molecule has 0 spiro atoms. The molecule has 0 aliphatic carbocycles. The van der Waals surface area contributed by atoms with Gasteiger partial charge in [0.2, 0.25) is 5.91 Å². The molecule has 2 aromatic rings. The minimum Gasteiger partial charge on any atom is -0.481 e. The Morgan fingerprint density at radius 3 is 2.36 bits per heavy atom. The third kappa shape index (κ3) is 5.85. The van der Waals surface area contributed by atoms with Crippen molar-refractivity contribution in [1.82, 2.24) is 15.1 Å². The second kappa shape index (κ2) is 10.1. The summed E-state index contributed by atoms with van der Waals surface area (Å²) in [6, 6.07) is 10.7. The molecule has 9 nitrogen and oxygen atoms in total. The zero-order valence-electron chi connectivity index (χ0n) is 18.2. The number of rotatable bonds is 6. The Kier molecular flexibility index (Phi) is 7.27. The molecule has 3 N–H and O–H groups in total. The maximum Gasteiger partial charge on any atom is 0.323 e. The Morgan fingerprint density at radius 2 is 1.76 bits per heavy atom. The van der Waals surface area contributed by atoms with Crippen LogP contribution in [0.4, 0.5) is 14.9 Å². The van der Waals surface area contributed by atoms with E-state index in [0.717, 1.165) is 17.7 Å². The maximum atomic E-state index is 13.3. The van der Waals surface area contributed by atoms with Crippen molar-refractivity contribution in [3.8, 4) is 0 Å². The number of amides is 4. The number of benzene rings is 2. The number of hydrogen-bond donors (Lipinski definition) is 3. The summed E-state index contributed by atoms with van der Waals surface area (Å²) in [4.78, 5) is 52.1. The topological polar surface area (TPSA) is 119 Å². The highest BCUT2D eigenvalue weighted by atomic mass is 19.1. The quantitative estimate of drug-likeness (QED) is 0.617. The Balaban J connectivity index is 1.83. The number of hydrogen-bond acceptors (Lipinski definition) is 4. The molecule has 33 heavy (non-hydrogen) atoms. The molecule has 2 atom stereocenters. The lowest BCUT2D eigenvalue weighted by atomic mass is 10.0. The van der Waals surface area contributed by atoms with Gasteiger partial charge < -0.3 is 20.6 Å². The Labute approximate surface area is 190 Å². The Morgan fingerprint density at radius 1 is 1.09 bits per heavy atom. The van der Waals surface area contributed by atoms with E-state index < -0.39 is 48.3 Å². The first-order valence-corrected chi connectivity index (χ1v) is 10.3. The standard InChI is InChI=1S/C23H25FN4O5/c1-14-4-3-5-18(12-14)25-23(33)28-11-10-27(15(2)29)22(28)21(32)26-19(13-20(30)31)16-6-8-17(24)9-7-16/h3-9,12,19,22H,10-11,13H2,1-2H3,(H,25,33)(H,26,32)(H,30,31). The summed E-state index contributed by atoms with van der Waals surface area (Å²) >= 11 is 0. The van der Waals surface area contributed by atoms with Crippen LogP contribution in [0.1, 0.15) is 30.5 Å². The van der Waals surface area contributed by atoms with Crippen LogP contribution in [0.3, 0.4) is 0 Å². The average Bonchev–Trinajstić information content (AvgIpc) is 3.19. The molecular weight excluding hydrogens is 431 g/mol. The number of nitrogens with one attached hydrogen (secondary N) is 2. The summed E-state index contributed by atoms with van der Waals surface area (Å²) in [6.07, 6.45) is -1.72. The number of carboxylic acids is 1. The average molecular weight is 456 g/mol. The van der Waals surface area contributed by atoms with Crippen molar-refractivity contribution in [1.29, 1.82) is 0 Å².